The van der Waals surface area contributed by atoms with Crippen molar-refractivity contribution in [2.24, 2.45) is 5.92 Å². The first-order valence-corrected chi connectivity index (χ1v) is 12.5. The summed E-state index contributed by atoms with van der Waals surface area (Å²) in [5, 5.41) is 10.6. The first-order valence-electron chi connectivity index (χ1n) is 12.5. The summed E-state index contributed by atoms with van der Waals surface area (Å²) in [5.74, 6) is 0.876. The van der Waals surface area contributed by atoms with E-state index in [2.05, 4.69) is 35.2 Å². The molecule has 0 radical (unpaired) electrons. The highest BCUT2D eigenvalue weighted by atomic mass is 35.5. The average molecular weight is 512 g/mol. The molecule has 0 bridgehead atoms. The second-order valence-electron chi connectivity index (χ2n) is 9.44. The summed E-state index contributed by atoms with van der Waals surface area (Å²) in [4.78, 5) is 15.1. The molecule has 1 N–H and O–H groups in total. The van der Waals surface area contributed by atoms with Crippen LogP contribution in [-0.2, 0) is 12.8 Å². The fourth-order valence-corrected chi connectivity index (χ4v) is 4.72. The smallest absolute Gasteiger partial charge is 0.166 e. The Hall–Kier alpha value is -2.73. The number of hydrogen-bond donors (Lipinski definition) is 1. The molecule has 3 aromatic rings. The lowest BCUT2D eigenvalue weighted by atomic mass is 9.90. The topological polar surface area (TPSA) is 49.8 Å². The SMILES string of the molecule is Cl.O=C(CCc1ccc(F)cc1)c1ccccc1OCC(O)CN1CCC(Cc2ccccc2)CC1. The monoisotopic (exact) mass is 511 g/mol. The Balaban J connectivity index is 0.00000361. The van der Waals surface area contributed by atoms with Crippen LogP contribution in [0.4, 0.5) is 4.39 Å². The van der Waals surface area contributed by atoms with E-state index in [0.717, 1.165) is 37.9 Å². The number of para-hydroxylation sites is 1. The number of benzene rings is 3. The number of Topliss-reactive ketones (excluding diaryl/α,β-unsaturated/α-hetero) is 1. The van der Waals surface area contributed by atoms with Gasteiger partial charge in [0.15, 0.2) is 5.78 Å². The standard InChI is InChI=1S/C30H34FNO3.ClH/c31-26-13-10-23(11-14-26)12-15-29(34)28-8-4-5-9-30(28)35-22-27(33)21-32-18-16-25(17-19-32)20-24-6-2-1-3-7-24;/h1-11,13-14,25,27,33H,12,15-22H2;1H. The second-order valence-corrected chi connectivity index (χ2v) is 9.44. The number of carbonyl (C=O) groups is 1. The van der Waals surface area contributed by atoms with Crippen LogP contribution in [0.3, 0.4) is 0 Å². The van der Waals surface area contributed by atoms with Gasteiger partial charge in [-0.3, -0.25) is 4.79 Å². The molecule has 0 aromatic heterocycles. The number of carbonyl (C=O) groups excluding carboxylic acids is 1. The van der Waals surface area contributed by atoms with Crippen LogP contribution >= 0.6 is 12.4 Å². The van der Waals surface area contributed by atoms with Crippen molar-refractivity contribution in [3.05, 3.63) is 101 Å². The molecule has 0 aliphatic carbocycles. The van der Waals surface area contributed by atoms with E-state index >= 15 is 0 Å². The maximum atomic E-state index is 13.1. The van der Waals surface area contributed by atoms with Gasteiger partial charge in [-0.15, -0.1) is 12.4 Å². The van der Waals surface area contributed by atoms with Crippen molar-refractivity contribution in [2.45, 2.75) is 38.2 Å². The lowest BCUT2D eigenvalue weighted by Crippen LogP contribution is -2.41. The fraction of sp³-hybridized carbons (Fsp3) is 0.367. The Kier molecular flexibility index (Phi) is 10.9. The zero-order valence-electron chi connectivity index (χ0n) is 20.5. The van der Waals surface area contributed by atoms with Crippen LogP contribution in [-0.4, -0.2) is 48.1 Å². The molecule has 1 unspecified atom stereocenters. The molecule has 0 saturated carbocycles. The van der Waals surface area contributed by atoms with Crippen LogP contribution in [0.2, 0.25) is 0 Å². The third kappa shape index (κ3) is 8.44. The van der Waals surface area contributed by atoms with Crippen LogP contribution in [0.1, 0.15) is 40.7 Å². The van der Waals surface area contributed by atoms with Crippen LogP contribution in [0.5, 0.6) is 5.75 Å². The number of ketones is 1. The molecule has 3 aromatic carbocycles. The molecule has 1 heterocycles. The number of β-amino-alcohol motifs (C(OH)–C–C–N with tert-alkyl or cyclic N) is 1. The largest absolute Gasteiger partial charge is 0.490 e. The van der Waals surface area contributed by atoms with Crippen LogP contribution < -0.4 is 4.74 Å². The van der Waals surface area contributed by atoms with E-state index in [1.54, 1.807) is 24.3 Å². The van der Waals surface area contributed by atoms with Gasteiger partial charge in [0.2, 0.25) is 0 Å². The quantitative estimate of drug-likeness (QED) is 0.333. The minimum absolute atomic E-state index is 0. The highest BCUT2D eigenvalue weighted by molar-refractivity contribution is 5.98. The third-order valence-corrected chi connectivity index (χ3v) is 6.72. The molecule has 1 aliphatic rings. The first kappa shape index (κ1) is 27.9. The Morgan fingerprint density at radius 3 is 2.33 bits per heavy atom. The molecule has 4 nitrogen and oxygen atoms in total. The van der Waals surface area contributed by atoms with Gasteiger partial charge in [0.25, 0.3) is 0 Å². The lowest BCUT2D eigenvalue weighted by molar-refractivity contribution is 0.0546. The predicted octanol–water partition coefficient (Wildman–Crippen LogP) is 5.76. The number of aliphatic hydroxyl groups is 1. The van der Waals surface area contributed by atoms with Gasteiger partial charge in [0.1, 0.15) is 24.3 Å². The highest BCUT2D eigenvalue weighted by Crippen LogP contribution is 2.23. The van der Waals surface area contributed by atoms with Crippen molar-refractivity contribution in [3.8, 4) is 5.75 Å². The Morgan fingerprint density at radius 2 is 1.61 bits per heavy atom. The predicted molar refractivity (Wildman–Crippen MR) is 144 cm³/mol. The van der Waals surface area contributed by atoms with Crippen molar-refractivity contribution >= 4 is 18.2 Å². The summed E-state index contributed by atoms with van der Waals surface area (Å²) >= 11 is 0. The molecule has 1 atom stereocenters. The van der Waals surface area contributed by atoms with Crippen molar-refractivity contribution in [3.63, 3.8) is 0 Å². The van der Waals surface area contributed by atoms with Gasteiger partial charge in [0, 0.05) is 13.0 Å². The molecule has 0 spiro atoms. The number of rotatable bonds is 11. The summed E-state index contributed by atoms with van der Waals surface area (Å²) in [5.41, 5.74) is 2.83. The molecule has 1 fully saturated rings. The van der Waals surface area contributed by atoms with E-state index in [1.165, 1.54) is 17.7 Å². The highest BCUT2D eigenvalue weighted by Gasteiger charge is 2.22. The first-order chi connectivity index (χ1) is 17.1. The maximum absolute atomic E-state index is 13.1. The second kappa shape index (κ2) is 14.1. The minimum atomic E-state index is -0.622. The number of hydrogen-bond acceptors (Lipinski definition) is 4. The van der Waals surface area contributed by atoms with E-state index in [4.69, 9.17) is 4.74 Å². The Labute approximate surface area is 219 Å². The van der Waals surface area contributed by atoms with E-state index in [-0.39, 0.29) is 30.6 Å². The van der Waals surface area contributed by atoms with Crippen molar-refractivity contribution in [2.75, 3.05) is 26.2 Å². The fourth-order valence-electron chi connectivity index (χ4n) is 4.72. The van der Waals surface area contributed by atoms with E-state index in [0.29, 0.717) is 36.6 Å². The zero-order valence-corrected chi connectivity index (χ0v) is 21.3. The number of likely N-dealkylation sites (tertiary alicyclic amines) is 1. The molecule has 1 saturated heterocycles. The number of halogens is 2. The van der Waals surface area contributed by atoms with Crippen LogP contribution in [0, 0.1) is 11.7 Å². The van der Waals surface area contributed by atoms with Gasteiger partial charge in [-0.05, 0) is 80.1 Å². The van der Waals surface area contributed by atoms with Gasteiger partial charge in [-0.25, -0.2) is 4.39 Å². The number of ether oxygens (including phenoxy) is 1. The molecule has 1 aliphatic heterocycles. The van der Waals surface area contributed by atoms with E-state index in [9.17, 15) is 14.3 Å². The Bertz CT molecular complexity index is 1070. The zero-order chi connectivity index (χ0) is 24.5. The average Bonchev–Trinajstić information content (AvgIpc) is 2.89. The van der Waals surface area contributed by atoms with E-state index in [1.807, 2.05) is 12.1 Å². The number of aryl methyl sites for hydroxylation is 1. The molecule has 4 rings (SSSR count). The van der Waals surface area contributed by atoms with E-state index < -0.39 is 6.10 Å². The molecule has 36 heavy (non-hydrogen) atoms. The van der Waals surface area contributed by atoms with Crippen molar-refractivity contribution in [1.29, 1.82) is 0 Å². The van der Waals surface area contributed by atoms with Crippen LogP contribution in [0.25, 0.3) is 0 Å². The van der Waals surface area contributed by atoms with Crippen LogP contribution in [0.15, 0.2) is 78.9 Å². The molecule has 6 heteroatoms. The van der Waals surface area contributed by atoms with Gasteiger partial charge >= 0.3 is 0 Å². The molecule has 0 amide bonds. The molecular formula is C30H35ClFNO3. The third-order valence-electron chi connectivity index (χ3n) is 6.72. The minimum Gasteiger partial charge on any atom is -0.490 e. The van der Waals surface area contributed by atoms with Crippen molar-refractivity contribution in [1.82, 2.24) is 4.90 Å². The molecular weight excluding hydrogens is 477 g/mol. The summed E-state index contributed by atoms with van der Waals surface area (Å²) in [7, 11) is 0. The van der Waals surface area contributed by atoms with Gasteiger partial charge in [-0.1, -0.05) is 54.6 Å². The van der Waals surface area contributed by atoms with Gasteiger partial charge in [0.05, 0.1) is 5.56 Å². The summed E-state index contributed by atoms with van der Waals surface area (Å²) in [6, 6.07) is 24.0. The summed E-state index contributed by atoms with van der Waals surface area (Å²) < 4.78 is 19.0. The van der Waals surface area contributed by atoms with Crippen molar-refractivity contribution < 1.29 is 19.0 Å². The van der Waals surface area contributed by atoms with Gasteiger partial charge in [-0.2, -0.15) is 0 Å². The number of nitrogens with zero attached hydrogens (tertiary/aromatic N) is 1. The molecule has 192 valence electrons. The Morgan fingerprint density at radius 1 is 0.944 bits per heavy atom. The van der Waals surface area contributed by atoms with Gasteiger partial charge < -0.3 is 14.7 Å². The summed E-state index contributed by atoms with van der Waals surface area (Å²) in [6.45, 7) is 2.67. The summed E-state index contributed by atoms with van der Waals surface area (Å²) in [6.07, 6.45) is 3.61. The lowest BCUT2D eigenvalue weighted by Gasteiger charge is -2.33. The number of piperidine rings is 1. The normalized spacial score (nSPS) is 15.2. The maximum Gasteiger partial charge on any atom is 0.166 e. The number of aliphatic hydroxyl groups excluding tert-OH is 1.